The number of amides is 1. The monoisotopic (exact) mass is 388 g/mol. The van der Waals surface area contributed by atoms with Crippen LogP contribution in [0.15, 0.2) is 54.9 Å². The quantitative estimate of drug-likeness (QED) is 0.506. The molecule has 1 unspecified atom stereocenters. The number of benzene rings is 1. The summed E-state index contributed by atoms with van der Waals surface area (Å²) >= 11 is 0. The number of carboxylic acid groups (broad SMARTS) is 2. The third kappa shape index (κ3) is 6.06. The molecule has 0 aliphatic rings. The van der Waals surface area contributed by atoms with E-state index in [-0.39, 0.29) is 12.2 Å². The zero-order valence-electron chi connectivity index (χ0n) is 14.8. The van der Waals surface area contributed by atoms with E-state index in [1.807, 2.05) is 0 Å². The van der Waals surface area contributed by atoms with Gasteiger partial charge in [0, 0.05) is 12.4 Å². The Hall–Kier alpha value is -3.46. The number of nitrogens with zero attached hydrogens (tertiary/aromatic N) is 1. The van der Waals surface area contributed by atoms with E-state index >= 15 is 0 Å². The smallest absolute Gasteiger partial charge is 0.408 e. The van der Waals surface area contributed by atoms with Gasteiger partial charge in [-0.05, 0) is 29.7 Å². The van der Waals surface area contributed by atoms with Crippen molar-refractivity contribution in [2.24, 2.45) is 5.92 Å². The first-order valence-electron chi connectivity index (χ1n) is 8.39. The van der Waals surface area contributed by atoms with Crippen LogP contribution in [-0.2, 0) is 20.9 Å². The predicted molar refractivity (Wildman–Crippen MR) is 96.1 cm³/mol. The van der Waals surface area contributed by atoms with Crippen molar-refractivity contribution in [2.45, 2.75) is 25.2 Å². The number of carbonyl (C=O) groups is 3. The molecule has 3 atom stereocenters. The van der Waals surface area contributed by atoms with E-state index in [0.717, 1.165) is 0 Å². The van der Waals surface area contributed by atoms with Gasteiger partial charge in [-0.15, -0.1) is 0 Å². The van der Waals surface area contributed by atoms with Gasteiger partial charge in [-0.25, -0.2) is 9.59 Å². The van der Waals surface area contributed by atoms with Crippen molar-refractivity contribution in [3.05, 3.63) is 66.0 Å². The van der Waals surface area contributed by atoms with E-state index in [4.69, 9.17) is 4.74 Å². The summed E-state index contributed by atoms with van der Waals surface area (Å²) in [4.78, 5) is 38.7. The summed E-state index contributed by atoms with van der Waals surface area (Å²) < 4.78 is 4.96. The van der Waals surface area contributed by atoms with Crippen LogP contribution < -0.4 is 5.32 Å². The number of aromatic nitrogens is 1. The molecular weight excluding hydrogens is 368 g/mol. The molecule has 0 bridgehead atoms. The first-order chi connectivity index (χ1) is 13.4. The Kier molecular flexibility index (Phi) is 7.46. The number of hydrogen-bond acceptors (Lipinski definition) is 6. The average Bonchev–Trinajstić information content (AvgIpc) is 2.70. The van der Waals surface area contributed by atoms with Crippen LogP contribution in [-0.4, -0.2) is 44.4 Å². The minimum absolute atomic E-state index is 0.0684. The van der Waals surface area contributed by atoms with Crippen LogP contribution in [0.25, 0.3) is 0 Å². The number of alkyl carbamates (subject to hydrolysis) is 1. The highest BCUT2D eigenvalue weighted by Crippen LogP contribution is 2.26. The summed E-state index contributed by atoms with van der Waals surface area (Å²) in [6, 6.07) is 10.1. The van der Waals surface area contributed by atoms with E-state index in [9.17, 15) is 29.7 Å². The van der Waals surface area contributed by atoms with E-state index < -0.39 is 42.5 Å². The third-order valence-electron chi connectivity index (χ3n) is 4.04. The average molecular weight is 388 g/mol. The van der Waals surface area contributed by atoms with Gasteiger partial charge in [-0.1, -0.05) is 30.3 Å². The van der Waals surface area contributed by atoms with Crippen molar-refractivity contribution in [1.82, 2.24) is 10.3 Å². The van der Waals surface area contributed by atoms with Gasteiger partial charge in [-0.2, -0.15) is 0 Å². The number of aliphatic hydroxyl groups excluding tert-OH is 1. The van der Waals surface area contributed by atoms with Crippen molar-refractivity contribution in [1.29, 1.82) is 0 Å². The Bertz CT molecular complexity index is 798. The van der Waals surface area contributed by atoms with Gasteiger partial charge in [0.05, 0.1) is 12.0 Å². The number of carboxylic acids is 2. The molecule has 4 N–H and O–H groups in total. The van der Waals surface area contributed by atoms with E-state index in [0.29, 0.717) is 5.56 Å². The summed E-state index contributed by atoms with van der Waals surface area (Å²) in [7, 11) is 0. The molecular formula is C19H20N2O7. The molecule has 0 aliphatic heterocycles. The summed E-state index contributed by atoms with van der Waals surface area (Å²) in [5, 5.41) is 31.2. The Morgan fingerprint density at radius 3 is 2.21 bits per heavy atom. The Labute approximate surface area is 160 Å². The van der Waals surface area contributed by atoms with Crippen molar-refractivity contribution < 1.29 is 34.4 Å². The number of nitrogens with one attached hydrogen (secondary N) is 1. The number of aliphatic carboxylic acids is 2. The fourth-order valence-electron chi connectivity index (χ4n) is 2.54. The number of carbonyl (C=O) groups excluding carboxylic acids is 1. The van der Waals surface area contributed by atoms with E-state index in [1.165, 1.54) is 24.5 Å². The molecule has 2 rings (SSSR count). The Morgan fingerprint density at radius 1 is 1.00 bits per heavy atom. The molecule has 0 fully saturated rings. The number of hydrogen-bond donors (Lipinski definition) is 4. The molecule has 0 spiro atoms. The molecule has 9 nitrogen and oxygen atoms in total. The highest BCUT2D eigenvalue weighted by atomic mass is 16.5. The van der Waals surface area contributed by atoms with Crippen molar-refractivity contribution in [3.8, 4) is 0 Å². The SMILES string of the molecule is O=C(N[C@@H](C[C@@H](C(=O)O)C(O)c1ccncc1)C(=O)O)OCc1ccccc1. The maximum Gasteiger partial charge on any atom is 0.408 e. The van der Waals surface area contributed by atoms with Crippen LogP contribution in [0.5, 0.6) is 0 Å². The molecule has 2 aromatic rings. The van der Waals surface area contributed by atoms with Gasteiger partial charge in [0.15, 0.2) is 0 Å². The minimum Gasteiger partial charge on any atom is -0.481 e. The normalized spacial score (nSPS) is 13.8. The standard InChI is InChI=1S/C19H20N2O7/c22-16(13-6-8-20-9-7-13)14(17(23)24)10-15(18(25)26)21-19(27)28-11-12-4-2-1-3-5-12/h1-9,14-16,22H,10-11H2,(H,21,27)(H,23,24)(H,25,26)/t14-,15+,16?/m1/s1. The molecule has 148 valence electrons. The van der Waals surface area contributed by atoms with E-state index in [2.05, 4.69) is 10.3 Å². The fraction of sp³-hybridized carbons (Fsp3) is 0.263. The minimum atomic E-state index is -1.55. The third-order valence-corrected chi connectivity index (χ3v) is 4.04. The maximum absolute atomic E-state index is 11.9. The number of pyridine rings is 1. The number of ether oxygens (including phenoxy) is 1. The first kappa shape index (κ1) is 20.8. The Balaban J connectivity index is 2.01. The highest BCUT2D eigenvalue weighted by Gasteiger charge is 2.34. The molecule has 0 saturated heterocycles. The first-order valence-corrected chi connectivity index (χ1v) is 8.39. The van der Waals surface area contributed by atoms with Crippen LogP contribution in [0.1, 0.15) is 23.7 Å². The van der Waals surface area contributed by atoms with Crippen molar-refractivity contribution in [3.63, 3.8) is 0 Å². The van der Waals surface area contributed by atoms with Crippen LogP contribution in [0, 0.1) is 5.92 Å². The summed E-state index contributed by atoms with van der Waals surface area (Å²) in [5.74, 6) is -4.29. The van der Waals surface area contributed by atoms with Crippen LogP contribution in [0.2, 0.25) is 0 Å². The molecule has 28 heavy (non-hydrogen) atoms. The number of rotatable bonds is 9. The molecule has 0 aliphatic carbocycles. The second-order valence-corrected chi connectivity index (χ2v) is 6.00. The molecule has 9 heteroatoms. The molecule has 1 amide bonds. The van der Waals surface area contributed by atoms with Crippen molar-refractivity contribution in [2.75, 3.05) is 0 Å². The second kappa shape index (κ2) is 10.0. The number of aliphatic hydroxyl groups is 1. The van der Waals surface area contributed by atoms with Gasteiger partial charge in [0.2, 0.25) is 0 Å². The second-order valence-electron chi connectivity index (χ2n) is 6.00. The van der Waals surface area contributed by atoms with Gasteiger partial charge >= 0.3 is 18.0 Å². The van der Waals surface area contributed by atoms with E-state index in [1.54, 1.807) is 30.3 Å². The lowest BCUT2D eigenvalue weighted by Crippen LogP contribution is -2.44. The summed E-state index contributed by atoms with van der Waals surface area (Å²) in [6.45, 7) is -0.0684. The van der Waals surface area contributed by atoms with Crippen LogP contribution in [0.3, 0.4) is 0 Å². The van der Waals surface area contributed by atoms with Gasteiger partial charge < -0.3 is 25.4 Å². The van der Waals surface area contributed by atoms with Gasteiger partial charge in [-0.3, -0.25) is 9.78 Å². The predicted octanol–water partition coefficient (Wildman–Crippen LogP) is 1.59. The lowest BCUT2D eigenvalue weighted by atomic mass is 9.90. The largest absolute Gasteiger partial charge is 0.481 e. The van der Waals surface area contributed by atoms with Crippen LogP contribution >= 0.6 is 0 Å². The Morgan fingerprint density at radius 2 is 1.64 bits per heavy atom. The highest BCUT2D eigenvalue weighted by molar-refractivity contribution is 5.81. The zero-order chi connectivity index (χ0) is 20.5. The lowest BCUT2D eigenvalue weighted by molar-refractivity contribution is -0.148. The lowest BCUT2D eigenvalue weighted by Gasteiger charge is -2.23. The molecule has 0 radical (unpaired) electrons. The molecule has 1 heterocycles. The summed E-state index contributed by atoms with van der Waals surface area (Å²) in [6.07, 6.45) is -0.242. The maximum atomic E-state index is 11.9. The topological polar surface area (TPSA) is 146 Å². The molecule has 1 aromatic heterocycles. The molecule has 1 aromatic carbocycles. The molecule has 0 saturated carbocycles. The fourth-order valence-corrected chi connectivity index (χ4v) is 2.54. The van der Waals surface area contributed by atoms with Crippen LogP contribution in [0.4, 0.5) is 4.79 Å². The van der Waals surface area contributed by atoms with Gasteiger partial charge in [0.1, 0.15) is 12.6 Å². The summed E-state index contributed by atoms with van der Waals surface area (Å²) in [5.41, 5.74) is 0.985. The van der Waals surface area contributed by atoms with Gasteiger partial charge in [0.25, 0.3) is 0 Å². The van der Waals surface area contributed by atoms with Crippen molar-refractivity contribution >= 4 is 18.0 Å². The zero-order valence-corrected chi connectivity index (χ0v) is 14.8.